The molecule has 6 heteroatoms. The van der Waals surface area contributed by atoms with Gasteiger partial charge >= 0.3 is 6.09 Å². The summed E-state index contributed by atoms with van der Waals surface area (Å²) in [6, 6.07) is 2.10. The van der Waals surface area contributed by atoms with Gasteiger partial charge in [0, 0.05) is 44.0 Å². The number of nitrogens with zero attached hydrogens (tertiary/aromatic N) is 3. The highest BCUT2D eigenvalue weighted by atomic mass is 16.6. The van der Waals surface area contributed by atoms with E-state index in [0.29, 0.717) is 13.1 Å². The Kier molecular flexibility index (Phi) is 4.54. The Morgan fingerprint density at radius 3 is 3.00 bits per heavy atom. The first kappa shape index (κ1) is 14.7. The van der Waals surface area contributed by atoms with Gasteiger partial charge in [-0.25, -0.2) is 14.8 Å². The zero-order valence-corrected chi connectivity index (χ0v) is 12.3. The minimum atomic E-state index is -0.454. The molecule has 1 aromatic heterocycles. The molecule has 0 aliphatic carbocycles. The Morgan fingerprint density at radius 1 is 1.55 bits per heavy atom. The fraction of sp³-hybridized carbons (Fsp3) is 0.643. The average Bonchev–Trinajstić information content (AvgIpc) is 2.38. The third kappa shape index (κ3) is 4.45. The van der Waals surface area contributed by atoms with Gasteiger partial charge in [-0.3, -0.25) is 0 Å². The first-order valence-corrected chi connectivity index (χ1v) is 6.90. The summed E-state index contributed by atoms with van der Waals surface area (Å²) in [5.41, 5.74) is 0.521. The summed E-state index contributed by atoms with van der Waals surface area (Å²) in [7, 11) is 0. The summed E-state index contributed by atoms with van der Waals surface area (Å²) in [4.78, 5) is 21.9. The van der Waals surface area contributed by atoms with E-state index in [-0.39, 0.29) is 12.1 Å². The molecule has 1 amide bonds. The molecule has 1 atom stereocenters. The van der Waals surface area contributed by atoms with E-state index in [1.54, 1.807) is 17.4 Å². The monoisotopic (exact) mass is 278 g/mol. The van der Waals surface area contributed by atoms with Gasteiger partial charge in [0.15, 0.2) is 0 Å². The molecule has 1 saturated heterocycles. The molecule has 1 N–H and O–H groups in total. The lowest BCUT2D eigenvalue weighted by atomic mass is 10.1. The smallest absolute Gasteiger partial charge is 0.410 e. The number of carbonyl (C=O) groups is 1. The number of rotatable bonds is 2. The Balaban J connectivity index is 1.90. The third-order valence-electron chi connectivity index (χ3n) is 3.01. The van der Waals surface area contributed by atoms with Gasteiger partial charge < -0.3 is 15.0 Å². The van der Waals surface area contributed by atoms with Crippen LogP contribution in [0.15, 0.2) is 18.6 Å². The van der Waals surface area contributed by atoms with E-state index in [9.17, 15) is 4.79 Å². The topological polar surface area (TPSA) is 67.3 Å². The van der Waals surface area contributed by atoms with Crippen molar-refractivity contribution in [2.24, 2.45) is 0 Å². The number of nitrogens with one attached hydrogen (secondary N) is 1. The molecule has 1 aliphatic rings. The summed E-state index contributed by atoms with van der Waals surface area (Å²) in [5.74, 6) is 0. The summed E-state index contributed by atoms with van der Waals surface area (Å²) >= 11 is 0. The van der Waals surface area contributed by atoms with Gasteiger partial charge in [0.1, 0.15) is 11.9 Å². The molecule has 0 aromatic carbocycles. The van der Waals surface area contributed by atoms with E-state index in [4.69, 9.17) is 4.74 Å². The Hall–Kier alpha value is -1.69. The van der Waals surface area contributed by atoms with Crippen LogP contribution >= 0.6 is 0 Å². The van der Waals surface area contributed by atoms with E-state index >= 15 is 0 Å². The molecule has 1 fully saturated rings. The minimum Gasteiger partial charge on any atom is -0.444 e. The fourth-order valence-corrected chi connectivity index (χ4v) is 2.15. The molecule has 1 aromatic rings. The molecule has 110 valence electrons. The minimum absolute atomic E-state index is 0.200. The number of amides is 1. The van der Waals surface area contributed by atoms with Gasteiger partial charge in [0.2, 0.25) is 0 Å². The quantitative estimate of drug-likeness (QED) is 0.881. The van der Waals surface area contributed by atoms with Crippen LogP contribution in [0.3, 0.4) is 0 Å². The van der Waals surface area contributed by atoms with E-state index in [0.717, 1.165) is 18.7 Å². The van der Waals surface area contributed by atoms with Crippen LogP contribution in [0.25, 0.3) is 0 Å². The van der Waals surface area contributed by atoms with Gasteiger partial charge in [-0.05, 0) is 26.8 Å². The first-order valence-electron chi connectivity index (χ1n) is 6.90. The van der Waals surface area contributed by atoms with Crippen LogP contribution < -0.4 is 5.32 Å². The van der Waals surface area contributed by atoms with Gasteiger partial charge in [-0.15, -0.1) is 0 Å². The highest BCUT2D eigenvalue weighted by Crippen LogP contribution is 2.12. The van der Waals surface area contributed by atoms with Crippen molar-refractivity contribution in [1.29, 1.82) is 0 Å². The predicted octanol–water partition coefficient (Wildman–Crippen LogP) is 1.23. The second kappa shape index (κ2) is 6.17. The molecule has 0 radical (unpaired) electrons. The fourth-order valence-electron chi connectivity index (χ4n) is 2.15. The van der Waals surface area contributed by atoms with Crippen LogP contribution in [-0.4, -0.2) is 52.2 Å². The predicted molar refractivity (Wildman–Crippen MR) is 75.3 cm³/mol. The second-order valence-electron chi connectivity index (χ2n) is 5.98. The highest BCUT2D eigenvalue weighted by molar-refractivity contribution is 5.68. The summed E-state index contributed by atoms with van der Waals surface area (Å²) < 4.78 is 5.41. The van der Waals surface area contributed by atoms with Crippen LogP contribution in [0.5, 0.6) is 0 Å². The van der Waals surface area contributed by atoms with Crippen molar-refractivity contribution in [3.63, 3.8) is 0 Å². The van der Waals surface area contributed by atoms with Crippen molar-refractivity contribution < 1.29 is 9.53 Å². The molecule has 0 spiro atoms. The van der Waals surface area contributed by atoms with Gasteiger partial charge in [0.25, 0.3) is 0 Å². The maximum atomic E-state index is 12.1. The van der Waals surface area contributed by atoms with E-state index in [1.165, 1.54) is 0 Å². The Morgan fingerprint density at radius 2 is 2.35 bits per heavy atom. The molecule has 2 rings (SSSR count). The summed E-state index contributed by atoms with van der Waals surface area (Å²) in [5, 5.41) is 3.41. The number of carbonyl (C=O) groups excluding carboxylic acids is 1. The highest BCUT2D eigenvalue weighted by Gasteiger charge is 2.27. The summed E-state index contributed by atoms with van der Waals surface area (Å²) in [6.07, 6.45) is 3.81. The van der Waals surface area contributed by atoms with Crippen molar-refractivity contribution in [1.82, 2.24) is 20.2 Å². The van der Waals surface area contributed by atoms with Crippen LogP contribution in [0.1, 0.15) is 26.5 Å². The number of piperazine rings is 1. The lowest BCUT2D eigenvalue weighted by Gasteiger charge is -2.34. The molecule has 6 nitrogen and oxygen atoms in total. The van der Waals surface area contributed by atoms with Crippen molar-refractivity contribution in [3.05, 3.63) is 24.3 Å². The molecular weight excluding hydrogens is 256 g/mol. The summed E-state index contributed by atoms with van der Waals surface area (Å²) in [6.45, 7) is 7.73. The Labute approximate surface area is 119 Å². The molecule has 1 aliphatic heterocycles. The zero-order valence-electron chi connectivity index (χ0n) is 12.3. The van der Waals surface area contributed by atoms with Gasteiger partial charge in [-0.2, -0.15) is 0 Å². The number of hydrogen-bond donors (Lipinski definition) is 1. The first-order chi connectivity index (χ1) is 9.44. The lowest BCUT2D eigenvalue weighted by Crippen LogP contribution is -2.54. The molecule has 1 unspecified atom stereocenters. The largest absolute Gasteiger partial charge is 0.444 e. The maximum Gasteiger partial charge on any atom is 0.410 e. The van der Waals surface area contributed by atoms with Crippen molar-refractivity contribution >= 4 is 6.09 Å². The van der Waals surface area contributed by atoms with Crippen molar-refractivity contribution in [2.75, 3.05) is 19.6 Å². The normalized spacial score (nSPS) is 19.8. The molecular formula is C14H22N4O2. The second-order valence-corrected chi connectivity index (χ2v) is 5.98. The third-order valence-corrected chi connectivity index (χ3v) is 3.01. The number of hydrogen-bond acceptors (Lipinski definition) is 5. The van der Waals surface area contributed by atoms with Crippen molar-refractivity contribution in [2.45, 2.75) is 38.8 Å². The van der Waals surface area contributed by atoms with Crippen molar-refractivity contribution in [3.8, 4) is 0 Å². The van der Waals surface area contributed by atoms with Crippen LogP contribution in [0, 0.1) is 0 Å². The van der Waals surface area contributed by atoms with E-state index in [2.05, 4.69) is 15.3 Å². The number of ether oxygens (including phenoxy) is 1. The van der Waals surface area contributed by atoms with Crippen LogP contribution in [-0.2, 0) is 11.2 Å². The van der Waals surface area contributed by atoms with Crippen LogP contribution in [0.4, 0.5) is 4.79 Å². The molecule has 20 heavy (non-hydrogen) atoms. The lowest BCUT2D eigenvalue weighted by molar-refractivity contribution is 0.0195. The SMILES string of the molecule is CC(C)(C)OC(=O)N1CCNC(Cc2ccncn2)C1. The zero-order chi connectivity index (χ0) is 14.6. The molecule has 0 saturated carbocycles. The number of aromatic nitrogens is 2. The van der Waals surface area contributed by atoms with E-state index in [1.807, 2.05) is 26.8 Å². The molecule has 0 bridgehead atoms. The van der Waals surface area contributed by atoms with Gasteiger partial charge in [-0.1, -0.05) is 0 Å². The van der Waals surface area contributed by atoms with Crippen LogP contribution in [0.2, 0.25) is 0 Å². The Bertz CT molecular complexity index is 444. The van der Waals surface area contributed by atoms with Gasteiger partial charge in [0.05, 0.1) is 0 Å². The standard InChI is InChI=1S/C14H22N4O2/c1-14(2,3)20-13(19)18-7-6-16-12(9-18)8-11-4-5-15-10-17-11/h4-5,10,12,16H,6-9H2,1-3H3. The van der Waals surface area contributed by atoms with E-state index < -0.39 is 5.60 Å². The average molecular weight is 278 g/mol. The maximum absolute atomic E-state index is 12.1. The molecule has 2 heterocycles.